The lowest BCUT2D eigenvalue weighted by molar-refractivity contribution is -0.127. The van der Waals surface area contributed by atoms with Crippen molar-refractivity contribution in [2.24, 2.45) is 0 Å². The first-order valence-electron chi connectivity index (χ1n) is 13.1. The number of nitrogens with one attached hydrogen (secondary N) is 1. The molecule has 2 aliphatic heterocycles. The van der Waals surface area contributed by atoms with Crippen LogP contribution in [0.3, 0.4) is 0 Å². The second-order valence-electron chi connectivity index (χ2n) is 10.9. The topological polar surface area (TPSA) is 79.0 Å². The number of carbonyl (C=O) groups is 3. The number of anilines is 2. The number of carbonyl (C=O) groups excluding carboxylic acids is 3. The van der Waals surface area contributed by atoms with Crippen LogP contribution in [0.4, 0.5) is 16.2 Å². The van der Waals surface area contributed by atoms with Crippen LogP contribution in [-0.2, 0) is 9.59 Å². The largest absolute Gasteiger partial charge is 0.494 e. The molecule has 2 aliphatic rings. The third-order valence-electron chi connectivity index (χ3n) is 7.09. The van der Waals surface area contributed by atoms with E-state index in [9.17, 15) is 14.4 Å². The van der Waals surface area contributed by atoms with Crippen LogP contribution < -0.4 is 15.0 Å². The van der Waals surface area contributed by atoms with Crippen LogP contribution in [-0.4, -0.2) is 46.7 Å². The van der Waals surface area contributed by atoms with Gasteiger partial charge in [0.05, 0.1) is 11.5 Å². The molecule has 7 nitrogen and oxygen atoms in total. The molecule has 0 radical (unpaired) electrons. The van der Waals surface area contributed by atoms with E-state index in [1.165, 1.54) is 11.3 Å². The number of imide groups is 1. The molecule has 0 spiro atoms. The fourth-order valence-electron chi connectivity index (χ4n) is 5.67. The van der Waals surface area contributed by atoms with Gasteiger partial charge in [-0.1, -0.05) is 6.92 Å². The summed E-state index contributed by atoms with van der Waals surface area (Å²) in [4.78, 5) is 42.2. The van der Waals surface area contributed by atoms with Crippen molar-refractivity contribution < 1.29 is 19.1 Å². The summed E-state index contributed by atoms with van der Waals surface area (Å²) in [6.07, 6.45) is 2.82. The number of fused-ring (bicyclic) bond motifs is 1. The van der Waals surface area contributed by atoms with Crippen molar-refractivity contribution in [3.63, 3.8) is 0 Å². The summed E-state index contributed by atoms with van der Waals surface area (Å²) in [5.74, 6) is 0.183. The Balaban J connectivity index is 1.52. The van der Waals surface area contributed by atoms with Gasteiger partial charge in [-0.3, -0.25) is 19.3 Å². The molecule has 3 amide bonds. The fraction of sp³-hybridized carbons (Fsp3) is 0.433. The molecule has 1 N–H and O–H groups in total. The Kier molecular flexibility index (Phi) is 7.93. The fourth-order valence-corrected chi connectivity index (χ4v) is 6.50. The lowest BCUT2D eigenvalue weighted by atomic mass is 9.78. The zero-order chi connectivity index (χ0) is 27.8. The predicted molar refractivity (Wildman–Crippen MR) is 155 cm³/mol. The van der Waals surface area contributed by atoms with Gasteiger partial charge in [0, 0.05) is 23.0 Å². The number of amides is 3. The van der Waals surface area contributed by atoms with Crippen molar-refractivity contribution in [2.45, 2.75) is 72.4 Å². The summed E-state index contributed by atoms with van der Waals surface area (Å²) in [6, 6.07) is 11.7. The molecule has 2 aromatic rings. The van der Waals surface area contributed by atoms with E-state index in [0.717, 1.165) is 34.2 Å². The summed E-state index contributed by atoms with van der Waals surface area (Å²) in [6.45, 7) is 15.4. The number of nitrogens with zero attached hydrogens (tertiary/aromatic N) is 2. The number of ether oxygens (including phenoxy) is 1. The second kappa shape index (κ2) is 10.8. The molecule has 1 unspecified atom stereocenters. The molecule has 0 bridgehead atoms. The molecule has 1 atom stereocenters. The van der Waals surface area contributed by atoms with Crippen LogP contribution in [0.1, 0.15) is 70.6 Å². The number of hydrogen-bond donors (Lipinski definition) is 1. The van der Waals surface area contributed by atoms with E-state index >= 15 is 0 Å². The van der Waals surface area contributed by atoms with Crippen LogP contribution in [0.25, 0.3) is 6.08 Å². The Hall–Kier alpha value is -3.26. The van der Waals surface area contributed by atoms with Gasteiger partial charge in [-0.25, -0.2) is 0 Å². The normalized spacial score (nSPS) is 19.8. The van der Waals surface area contributed by atoms with E-state index in [0.29, 0.717) is 34.9 Å². The van der Waals surface area contributed by atoms with Gasteiger partial charge in [0.1, 0.15) is 12.3 Å². The van der Waals surface area contributed by atoms with E-state index < -0.39 is 17.1 Å². The van der Waals surface area contributed by atoms with Crippen molar-refractivity contribution in [3.8, 4) is 5.75 Å². The van der Waals surface area contributed by atoms with Crippen LogP contribution in [0.5, 0.6) is 5.75 Å². The molecule has 0 aromatic heterocycles. The third-order valence-corrected chi connectivity index (χ3v) is 8.00. The van der Waals surface area contributed by atoms with Gasteiger partial charge < -0.3 is 15.0 Å². The standard InChI is InChI=1S/C30H37N3O4S/c1-8-37-23-11-9-22(10-12-23)31-27(34)17-32-28(35)26(38-29(32)36)15-21-14-24-20(5)16-30(6,7)33(18(2)3)25(24)13-19(21)4/h9-15,18,20H,8,16-17H2,1-7H3,(H,31,34)/b26-15-. The average molecular weight is 536 g/mol. The van der Waals surface area contributed by atoms with Crippen LogP contribution in [0.15, 0.2) is 41.3 Å². The summed E-state index contributed by atoms with van der Waals surface area (Å²) < 4.78 is 5.41. The Morgan fingerprint density at radius 1 is 1.21 bits per heavy atom. The smallest absolute Gasteiger partial charge is 0.294 e. The van der Waals surface area contributed by atoms with E-state index in [2.05, 4.69) is 57.0 Å². The maximum Gasteiger partial charge on any atom is 0.294 e. The van der Waals surface area contributed by atoms with Crippen molar-refractivity contribution in [3.05, 3.63) is 58.0 Å². The number of thioether (sulfide) groups is 1. The Morgan fingerprint density at radius 2 is 1.89 bits per heavy atom. The zero-order valence-electron chi connectivity index (χ0n) is 23.3. The van der Waals surface area contributed by atoms with Crippen molar-refractivity contribution in [1.82, 2.24) is 4.90 Å². The Bertz CT molecular complexity index is 1280. The molecule has 2 heterocycles. The molecular formula is C30H37N3O4S. The summed E-state index contributed by atoms with van der Waals surface area (Å²) in [7, 11) is 0. The highest BCUT2D eigenvalue weighted by molar-refractivity contribution is 8.18. The monoisotopic (exact) mass is 535 g/mol. The Labute approximate surface area is 229 Å². The first kappa shape index (κ1) is 27.8. The number of benzene rings is 2. The zero-order valence-corrected chi connectivity index (χ0v) is 24.1. The highest BCUT2D eigenvalue weighted by Crippen LogP contribution is 2.46. The highest BCUT2D eigenvalue weighted by Gasteiger charge is 2.39. The van der Waals surface area contributed by atoms with E-state index in [1.807, 2.05) is 13.8 Å². The molecule has 1 fully saturated rings. The minimum absolute atomic E-state index is 0.0447. The molecule has 202 valence electrons. The van der Waals surface area contributed by atoms with Gasteiger partial charge >= 0.3 is 0 Å². The van der Waals surface area contributed by atoms with Crippen molar-refractivity contribution in [1.29, 1.82) is 0 Å². The maximum absolute atomic E-state index is 13.1. The SMILES string of the molecule is CCOc1ccc(NC(=O)CN2C(=O)S/C(=C\c3cc4c(cc3C)N(C(C)C)C(C)(C)CC4C)C2=O)cc1. The predicted octanol–water partition coefficient (Wildman–Crippen LogP) is 6.57. The van der Waals surface area contributed by atoms with E-state index in [-0.39, 0.29) is 12.1 Å². The van der Waals surface area contributed by atoms with Crippen LogP contribution >= 0.6 is 11.8 Å². The van der Waals surface area contributed by atoms with Gasteiger partial charge in [0.25, 0.3) is 11.1 Å². The van der Waals surface area contributed by atoms with Crippen LogP contribution in [0, 0.1) is 6.92 Å². The van der Waals surface area contributed by atoms with Gasteiger partial charge in [0.15, 0.2) is 0 Å². The summed E-state index contributed by atoms with van der Waals surface area (Å²) >= 11 is 0.876. The quantitative estimate of drug-likeness (QED) is 0.404. The summed E-state index contributed by atoms with van der Waals surface area (Å²) in [5, 5.41) is 2.29. The van der Waals surface area contributed by atoms with Crippen LogP contribution in [0.2, 0.25) is 0 Å². The highest BCUT2D eigenvalue weighted by atomic mass is 32.2. The van der Waals surface area contributed by atoms with Gasteiger partial charge in [-0.15, -0.1) is 0 Å². The van der Waals surface area contributed by atoms with E-state index in [1.54, 1.807) is 30.3 Å². The lowest BCUT2D eigenvalue weighted by Crippen LogP contribution is -2.51. The molecule has 0 aliphatic carbocycles. The number of aryl methyl sites for hydroxylation is 1. The van der Waals surface area contributed by atoms with Crippen molar-refractivity contribution in [2.75, 3.05) is 23.4 Å². The first-order chi connectivity index (χ1) is 17.9. The molecular weight excluding hydrogens is 498 g/mol. The second-order valence-corrected chi connectivity index (χ2v) is 11.9. The van der Waals surface area contributed by atoms with E-state index in [4.69, 9.17) is 4.74 Å². The van der Waals surface area contributed by atoms with Gasteiger partial charge in [-0.2, -0.15) is 0 Å². The molecule has 8 heteroatoms. The van der Waals surface area contributed by atoms with Gasteiger partial charge in [-0.05, 0) is 125 Å². The molecule has 4 rings (SSSR count). The minimum Gasteiger partial charge on any atom is -0.494 e. The number of hydrogen-bond acceptors (Lipinski definition) is 6. The lowest BCUT2D eigenvalue weighted by Gasteiger charge is -2.50. The minimum atomic E-state index is -0.447. The first-order valence-corrected chi connectivity index (χ1v) is 13.9. The maximum atomic E-state index is 13.1. The Morgan fingerprint density at radius 3 is 2.53 bits per heavy atom. The van der Waals surface area contributed by atoms with Gasteiger partial charge in [0.2, 0.25) is 5.91 Å². The van der Waals surface area contributed by atoms with Crippen molar-refractivity contribution >= 4 is 46.3 Å². The summed E-state index contributed by atoms with van der Waals surface area (Å²) in [5.41, 5.74) is 5.06. The molecule has 0 saturated carbocycles. The number of rotatable bonds is 7. The molecule has 38 heavy (non-hydrogen) atoms. The third kappa shape index (κ3) is 5.60. The molecule has 2 aromatic carbocycles. The average Bonchev–Trinajstić information content (AvgIpc) is 3.08. The molecule has 1 saturated heterocycles.